The average Bonchev–Trinajstić information content (AvgIpc) is 2.48. The molecule has 0 amide bonds. The third-order valence-electron chi connectivity index (χ3n) is 3.96. The van der Waals surface area contributed by atoms with Gasteiger partial charge in [0.1, 0.15) is 0 Å². The SMILES string of the molecule is NCN1CCN(CN)CCN(CN)CCN(CN)CC1. The summed E-state index contributed by atoms with van der Waals surface area (Å²) in [6.07, 6.45) is 0. The lowest BCUT2D eigenvalue weighted by molar-refractivity contribution is 0.137. The van der Waals surface area contributed by atoms with Crippen LogP contribution in [0.3, 0.4) is 0 Å². The van der Waals surface area contributed by atoms with Gasteiger partial charge < -0.3 is 22.9 Å². The van der Waals surface area contributed by atoms with Crippen molar-refractivity contribution in [1.82, 2.24) is 19.6 Å². The summed E-state index contributed by atoms with van der Waals surface area (Å²) >= 11 is 0. The van der Waals surface area contributed by atoms with Gasteiger partial charge in [-0.05, 0) is 0 Å². The zero-order valence-electron chi connectivity index (χ0n) is 12.6. The van der Waals surface area contributed by atoms with E-state index < -0.39 is 0 Å². The van der Waals surface area contributed by atoms with Gasteiger partial charge in [0.05, 0.1) is 0 Å². The van der Waals surface area contributed by atoms with E-state index in [1.165, 1.54) is 0 Å². The molecule has 1 fully saturated rings. The van der Waals surface area contributed by atoms with Crippen molar-refractivity contribution >= 4 is 0 Å². The highest BCUT2D eigenvalue weighted by Crippen LogP contribution is 1.97. The van der Waals surface area contributed by atoms with Crippen molar-refractivity contribution in [2.24, 2.45) is 22.9 Å². The van der Waals surface area contributed by atoms with Gasteiger partial charge in [-0.3, -0.25) is 19.6 Å². The monoisotopic (exact) mass is 288 g/mol. The van der Waals surface area contributed by atoms with Gasteiger partial charge in [0.2, 0.25) is 0 Å². The summed E-state index contributed by atoms with van der Waals surface area (Å²) in [6, 6.07) is 0. The molecule has 0 spiro atoms. The third-order valence-corrected chi connectivity index (χ3v) is 3.96. The molecule has 0 unspecified atom stereocenters. The minimum absolute atomic E-state index is 0.575. The first kappa shape index (κ1) is 17.7. The minimum Gasteiger partial charge on any atom is -0.318 e. The van der Waals surface area contributed by atoms with Crippen molar-refractivity contribution in [3.63, 3.8) is 0 Å². The van der Waals surface area contributed by atoms with Gasteiger partial charge in [-0.2, -0.15) is 0 Å². The number of nitrogens with two attached hydrogens (primary N) is 4. The molecule has 1 aliphatic rings. The van der Waals surface area contributed by atoms with E-state index in [0.29, 0.717) is 26.7 Å². The first-order valence-electron chi connectivity index (χ1n) is 7.43. The summed E-state index contributed by atoms with van der Waals surface area (Å²) < 4.78 is 0. The molecule has 1 heterocycles. The Morgan fingerprint density at radius 2 is 0.550 bits per heavy atom. The summed E-state index contributed by atoms with van der Waals surface area (Å²) in [4.78, 5) is 8.97. The smallest absolute Gasteiger partial charge is 0.0456 e. The topological polar surface area (TPSA) is 117 Å². The molecule has 0 aromatic rings. The summed E-state index contributed by atoms with van der Waals surface area (Å²) in [5, 5.41) is 0. The second-order valence-corrected chi connectivity index (χ2v) is 5.20. The Hall–Kier alpha value is -0.320. The molecule has 120 valence electrons. The molecule has 8 N–H and O–H groups in total. The predicted molar refractivity (Wildman–Crippen MR) is 82.5 cm³/mol. The normalized spacial score (nSPS) is 23.4. The number of rotatable bonds is 4. The van der Waals surface area contributed by atoms with Crippen molar-refractivity contribution in [3.8, 4) is 0 Å². The van der Waals surface area contributed by atoms with Crippen LogP contribution in [0.5, 0.6) is 0 Å². The number of nitrogens with zero attached hydrogens (tertiary/aromatic N) is 4. The highest BCUT2D eigenvalue weighted by Gasteiger charge is 2.13. The third kappa shape index (κ3) is 6.42. The van der Waals surface area contributed by atoms with Crippen molar-refractivity contribution < 1.29 is 0 Å². The molecule has 8 heteroatoms. The van der Waals surface area contributed by atoms with E-state index in [-0.39, 0.29) is 0 Å². The van der Waals surface area contributed by atoms with Crippen molar-refractivity contribution in [2.45, 2.75) is 0 Å². The van der Waals surface area contributed by atoms with E-state index in [9.17, 15) is 0 Å². The molecule has 0 bridgehead atoms. The zero-order chi connectivity index (χ0) is 14.8. The first-order valence-corrected chi connectivity index (χ1v) is 7.43. The lowest BCUT2D eigenvalue weighted by Crippen LogP contribution is -2.49. The molecular weight excluding hydrogens is 256 g/mol. The van der Waals surface area contributed by atoms with E-state index >= 15 is 0 Å². The van der Waals surface area contributed by atoms with Gasteiger partial charge in [0.15, 0.2) is 0 Å². The van der Waals surface area contributed by atoms with Gasteiger partial charge in [-0.15, -0.1) is 0 Å². The fourth-order valence-corrected chi connectivity index (χ4v) is 2.31. The summed E-state index contributed by atoms with van der Waals surface area (Å²) in [6.45, 7) is 9.81. The van der Waals surface area contributed by atoms with Crippen LogP contribution in [0.15, 0.2) is 0 Å². The zero-order valence-corrected chi connectivity index (χ0v) is 12.6. The van der Waals surface area contributed by atoms with Crippen LogP contribution in [0.2, 0.25) is 0 Å². The van der Waals surface area contributed by atoms with E-state index in [1.807, 2.05) is 0 Å². The van der Waals surface area contributed by atoms with Crippen LogP contribution < -0.4 is 22.9 Å². The largest absolute Gasteiger partial charge is 0.318 e. The molecular formula is C12H32N8. The fourth-order valence-electron chi connectivity index (χ4n) is 2.31. The maximum atomic E-state index is 5.80. The molecule has 0 radical (unpaired) electrons. The molecule has 20 heavy (non-hydrogen) atoms. The van der Waals surface area contributed by atoms with E-state index in [1.54, 1.807) is 0 Å². The molecule has 0 aliphatic carbocycles. The summed E-state index contributed by atoms with van der Waals surface area (Å²) in [5.74, 6) is 0. The van der Waals surface area contributed by atoms with Gasteiger partial charge in [0.25, 0.3) is 0 Å². The highest BCUT2D eigenvalue weighted by molar-refractivity contribution is 4.69. The van der Waals surface area contributed by atoms with Gasteiger partial charge >= 0.3 is 0 Å². The molecule has 8 nitrogen and oxygen atoms in total. The Balaban J connectivity index is 2.58. The number of hydrogen-bond acceptors (Lipinski definition) is 8. The summed E-state index contributed by atoms with van der Waals surface area (Å²) in [7, 11) is 0. The van der Waals surface area contributed by atoms with Gasteiger partial charge in [0, 0.05) is 79.0 Å². The highest BCUT2D eigenvalue weighted by atomic mass is 15.3. The maximum absolute atomic E-state index is 5.80. The lowest BCUT2D eigenvalue weighted by Gasteiger charge is -2.32. The molecule has 1 aliphatic heterocycles. The van der Waals surface area contributed by atoms with Crippen LogP contribution in [0.4, 0.5) is 0 Å². The van der Waals surface area contributed by atoms with Crippen LogP contribution in [0.1, 0.15) is 0 Å². The molecule has 0 atom stereocenters. The van der Waals surface area contributed by atoms with Crippen molar-refractivity contribution in [2.75, 3.05) is 79.0 Å². The minimum atomic E-state index is 0.575. The van der Waals surface area contributed by atoms with Gasteiger partial charge in [-0.1, -0.05) is 0 Å². The molecule has 0 aromatic carbocycles. The van der Waals surface area contributed by atoms with E-state index in [2.05, 4.69) is 19.6 Å². The fraction of sp³-hybridized carbons (Fsp3) is 1.00. The van der Waals surface area contributed by atoms with Crippen molar-refractivity contribution in [1.29, 1.82) is 0 Å². The van der Waals surface area contributed by atoms with Crippen LogP contribution >= 0.6 is 0 Å². The number of hydrogen-bond donors (Lipinski definition) is 4. The molecule has 1 rings (SSSR count). The van der Waals surface area contributed by atoms with Crippen LogP contribution in [0, 0.1) is 0 Å². The average molecular weight is 288 g/mol. The molecule has 0 saturated carbocycles. The predicted octanol–water partition coefficient (Wildman–Crippen LogP) is -3.13. The Kier molecular flexibility index (Phi) is 9.23. The van der Waals surface area contributed by atoms with Crippen LogP contribution in [0.25, 0.3) is 0 Å². The molecule has 1 saturated heterocycles. The standard InChI is InChI=1S/C12H32N8/c13-9-17-1-2-18(10-14)5-6-20(12-16)8-7-19(11-15)4-3-17/h1-16H2. The van der Waals surface area contributed by atoms with Crippen LogP contribution in [-0.2, 0) is 0 Å². The second-order valence-electron chi connectivity index (χ2n) is 5.20. The van der Waals surface area contributed by atoms with Crippen molar-refractivity contribution in [3.05, 3.63) is 0 Å². The van der Waals surface area contributed by atoms with E-state index in [0.717, 1.165) is 52.4 Å². The summed E-state index contributed by atoms with van der Waals surface area (Å²) in [5.41, 5.74) is 23.2. The lowest BCUT2D eigenvalue weighted by atomic mass is 10.3. The van der Waals surface area contributed by atoms with Gasteiger partial charge in [-0.25, -0.2) is 0 Å². The second kappa shape index (κ2) is 10.4. The van der Waals surface area contributed by atoms with E-state index in [4.69, 9.17) is 22.9 Å². The van der Waals surface area contributed by atoms with Crippen LogP contribution in [-0.4, -0.2) is 98.6 Å². The maximum Gasteiger partial charge on any atom is 0.0456 e. The Bertz CT molecular complexity index is 175. The Morgan fingerprint density at radius 1 is 0.400 bits per heavy atom. The quantitative estimate of drug-likeness (QED) is 0.429. The molecule has 0 aromatic heterocycles. The first-order chi connectivity index (χ1) is 9.73. The Labute approximate surface area is 122 Å². The Morgan fingerprint density at radius 3 is 0.650 bits per heavy atom.